The summed E-state index contributed by atoms with van der Waals surface area (Å²) in [5.41, 5.74) is 3.46. The average Bonchev–Trinajstić information content (AvgIpc) is 3.02. The fourth-order valence-corrected chi connectivity index (χ4v) is 5.72. The highest BCUT2D eigenvalue weighted by molar-refractivity contribution is 5.99. The molecule has 0 bridgehead atoms. The van der Waals surface area contributed by atoms with Gasteiger partial charge in [-0.15, -0.1) is 0 Å². The number of morpholine rings is 1. The highest BCUT2D eigenvalue weighted by atomic mass is 16.5. The molecule has 6 rings (SSSR count). The van der Waals surface area contributed by atoms with E-state index in [1.807, 2.05) is 36.4 Å². The molecule has 2 amide bonds. The predicted molar refractivity (Wildman–Crippen MR) is 164 cm³/mol. The molecule has 11 heteroatoms. The van der Waals surface area contributed by atoms with Crippen LogP contribution in [0.25, 0.3) is 11.4 Å². The minimum atomic E-state index is -0.295. The molecule has 1 aromatic heterocycles. The second kappa shape index (κ2) is 13.0. The summed E-state index contributed by atoms with van der Waals surface area (Å²) in [4.78, 5) is 32.0. The van der Waals surface area contributed by atoms with E-state index in [-0.39, 0.29) is 18.0 Å². The van der Waals surface area contributed by atoms with Gasteiger partial charge in [0.05, 0.1) is 19.3 Å². The number of anilines is 4. The van der Waals surface area contributed by atoms with Crippen LogP contribution in [-0.4, -0.2) is 85.7 Å². The summed E-state index contributed by atoms with van der Waals surface area (Å²) in [6.45, 7) is 10.7. The second-order valence-corrected chi connectivity index (χ2v) is 11.3. The Labute approximate surface area is 247 Å². The number of rotatable bonds is 6. The van der Waals surface area contributed by atoms with E-state index in [0.717, 1.165) is 75.0 Å². The Morgan fingerprint density at radius 3 is 2.29 bits per heavy atom. The van der Waals surface area contributed by atoms with Crippen molar-refractivity contribution in [2.45, 2.75) is 44.7 Å². The van der Waals surface area contributed by atoms with Crippen molar-refractivity contribution in [3.05, 3.63) is 54.4 Å². The molecule has 0 radical (unpaired) electrons. The van der Waals surface area contributed by atoms with Gasteiger partial charge in [0.2, 0.25) is 5.95 Å². The van der Waals surface area contributed by atoms with Crippen LogP contribution in [0.15, 0.2) is 48.5 Å². The summed E-state index contributed by atoms with van der Waals surface area (Å²) in [6.07, 6.45) is 1.80. The first-order valence-electron chi connectivity index (χ1n) is 15.0. The number of piperazine rings is 1. The van der Waals surface area contributed by atoms with E-state index in [1.165, 1.54) is 0 Å². The normalized spacial score (nSPS) is 21.7. The van der Waals surface area contributed by atoms with Crippen LogP contribution in [0.2, 0.25) is 0 Å². The first-order valence-corrected chi connectivity index (χ1v) is 15.0. The molecule has 2 aromatic carbocycles. The molecular formula is C31H40N8O3. The molecule has 2 atom stereocenters. The zero-order chi connectivity index (χ0) is 28.9. The van der Waals surface area contributed by atoms with Gasteiger partial charge in [0.1, 0.15) is 5.82 Å². The van der Waals surface area contributed by atoms with E-state index in [0.29, 0.717) is 36.7 Å². The van der Waals surface area contributed by atoms with Gasteiger partial charge in [-0.05, 0) is 75.2 Å². The zero-order valence-electron chi connectivity index (χ0n) is 24.4. The predicted octanol–water partition coefficient (Wildman–Crippen LogP) is 4.10. The summed E-state index contributed by atoms with van der Waals surface area (Å²) >= 11 is 0. The van der Waals surface area contributed by atoms with Gasteiger partial charge < -0.3 is 35.2 Å². The maximum absolute atomic E-state index is 12.7. The lowest BCUT2D eigenvalue weighted by Gasteiger charge is -2.34. The molecule has 0 spiro atoms. The topological polar surface area (TPSA) is 117 Å². The average molecular weight is 573 g/mol. The van der Waals surface area contributed by atoms with E-state index in [4.69, 9.17) is 24.4 Å². The Kier molecular flexibility index (Phi) is 8.78. The molecule has 0 saturated carbocycles. The summed E-state index contributed by atoms with van der Waals surface area (Å²) in [6, 6.07) is 16.0. The van der Waals surface area contributed by atoms with Gasteiger partial charge in [0.25, 0.3) is 0 Å². The van der Waals surface area contributed by atoms with Crippen molar-refractivity contribution < 1.29 is 14.3 Å². The number of hydrogen-bond donors (Lipinski definition) is 3. The van der Waals surface area contributed by atoms with Crippen LogP contribution >= 0.6 is 0 Å². The van der Waals surface area contributed by atoms with Crippen LogP contribution in [0.3, 0.4) is 0 Å². The number of ether oxygens (including phenoxy) is 2. The maximum atomic E-state index is 12.7. The smallest absolute Gasteiger partial charge is 0.323 e. The number of amides is 2. The number of hydrogen-bond acceptors (Lipinski definition) is 9. The van der Waals surface area contributed by atoms with E-state index in [9.17, 15) is 4.79 Å². The Morgan fingerprint density at radius 2 is 1.60 bits per heavy atom. The third-order valence-corrected chi connectivity index (χ3v) is 8.11. The van der Waals surface area contributed by atoms with Crippen molar-refractivity contribution >= 4 is 29.0 Å². The summed E-state index contributed by atoms with van der Waals surface area (Å²) in [7, 11) is 0. The van der Waals surface area contributed by atoms with E-state index >= 15 is 0 Å². The van der Waals surface area contributed by atoms with Gasteiger partial charge in [-0.1, -0.05) is 0 Å². The van der Waals surface area contributed by atoms with Gasteiger partial charge in [-0.3, -0.25) is 0 Å². The molecular weight excluding hydrogens is 532 g/mol. The van der Waals surface area contributed by atoms with Gasteiger partial charge >= 0.3 is 6.03 Å². The van der Waals surface area contributed by atoms with Gasteiger partial charge in [0, 0.05) is 74.0 Å². The van der Waals surface area contributed by atoms with Crippen molar-refractivity contribution in [1.29, 1.82) is 0 Å². The van der Waals surface area contributed by atoms with E-state index in [1.54, 1.807) is 0 Å². The Balaban J connectivity index is 1.13. The third kappa shape index (κ3) is 6.80. The summed E-state index contributed by atoms with van der Waals surface area (Å²) in [5, 5.41) is 9.32. The second-order valence-electron chi connectivity index (χ2n) is 11.3. The molecule has 0 aliphatic carbocycles. The van der Waals surface area contributed by atoms with Gasteiger partial charge in [-0.25, -0.2) is 9.78 Å². The number of nitrogens with one attached hydrogen (secondary N) is 3. The van der Waals surface area contributed by atoms with Crippen molar-refractivity contribution in [3.63, 3.8) is 0 Å². The lowest BCUT2D eigenvalue weighted by Crippen LogP contribution is -2.49. The van der Waals surface area contributed by atoms with Crippen LogP contribution in [0, 0.1) is 0 Å². The van der Waals surface area contributed by atoms with Crippen LogP contribution in [-0.2, 0) is 9.47 Å². The Bertz CT molecular complexity index is 1350. The Morgan fingerprint density at radius 1 is 0.881 bits per heavy atom. The van der Waals surface area contributed by atoms with Crippen LogP contribution in [0.1, 0.15) is 38.4 Å². The lowest BCUT2D eigenvalue weighted by atomic mass is 9.99. The summed E-state index contributed by atoms with van der Waals surface area (Å²) < 4.78 is 11.2. The Hall–Kier alpha value is -3.80. The highest BCUT2D eigenvalue weighted by Gasteiger charge is 2.26. The maximum Gasteiger partial charge on any atom is 0.323 e. The van der Waals surface area contributed by atoms with Crippen molar-refractivity contribution in [1.82, 2.24) is 20.3 Å². The molecule has 3 aromatic rings. The lowest BCUT2D eigenvalue weighted by molar-refractivity contribution is 0.0834. The minimum absolute atomic E-state index is 0.184. The van der Waals surface area contributed by atoms with Gasteiger partial charge in [0.15, 0.2) is 5.82 Å². The van der Waals surface area contributed by atoms with Crippen molar-refractivity contribution in [3.8, 4) is 11.4 Å². The van der Waals surface area contributed by atoms with E-state index < -0.39 is 0 Å². The number of carbonyl (C=O) groups excluding carboxylic acids is 1. The first-order chi connectivity index (χ1) is 20.5. The molecule has 222 valence electrons. The SMILES string of the molecule is CC1CN(c2ccc(NC(=O)Nc3ccc(-c4nc(C5CCOCC5)nc(N5CCOCC5C)n4)cc3)cc2)CCN1. The molecule has 2 unspecified atom stereocenters. The molecule has 3 aliphatic rings. The van der Waals surface area contributed by atoms with Crippen molar-refractivity contribution in [2.24, 2.45) is 0 Å². The van der Waals surface area contributed by atoms with Crippen LogP contribution in [0.4, 0.5) is 27.8 Å². The fourth-order valence-electron chi connectivity index (χ4n) is 5.72. The van der Waals surface area contributed by atoms with Crippen molar-refractivity contribution in [2.75, 3.05) is 73.0 Å². The molecule has 42 heavy (non-hydrogen) atoms. The fraction of sp³-hybridized carbons (Fsp3) is 0.484. The minimum Gasteiger partial charge on any atom is -0.381 e. The number of aromatic nitrogens is 3. The number of urea groups is 1. The highest BCUT2D eigenvalue weighted by Crippen LogP contribution is 2.29. The standard InChI is InChI=1S/C31H40N8O3/c1-21-19-38(14-13-32-21)27-9-7-26(8-10-27)34-31(40)33-25-5-3-23(4-6-25)28-35-29(24-11-16-41-17-12-24)37-30(36-28)39-15-18-42-20-22(39)2/h3-10,21-22,24,32H,11-20H2,1-2H3,(H2,33,34,40). The monoisotopic (exact) mass is 572 g/mol. The van der Waals surface area contributed by atoms with Crippen LogP contribution < -0.4 is 25.8 Å². The number of carbonyl (C=O) groups is 1. The van der Waals surface area contributed by atoms with Gasteiger partial charge in [-0.2, -0.15) is 9.97 Å². The third-order valence-electron chi connectivity index (χ3n) is 8.11. The van der Waals surface area contributed by atoms with Crippen LogP contribution in [0.5, 0.6) is 0 Å². The molecule has 3 aliphatic heterocycles. The molecule has 3 N–H and O–H groups in total. The number of benzene rings is 2. The number of nitrogens with zero attached hydrogens (tertiary/aromatic N) is 5. The largest absolute Gasteiger partial charge is 0.381 e. The molecule has 3 fully saturated rings. The first kappa shape index (κ1) is 28.3. The molecule has 11 nitrogen and oxygen atoms in total. The summed E-state index contributed by atoms with van der Waals surface area (Å²) in [5.74, 6) is 2.39. The quantitative estimate of drug-likeness (QED) is 0.401. The molecule has 3 saturated heterocycles. The zero-order valence-corrected chi connectivity index (χ0v) is 24.4. The molecule has 4 heterocycles. The van der Waals surface area contributed by atoms with E-state index in [2.05, 4.69) is 51.7 Å².